The summed E-state index contributed by atoms with van der Waals surface area (Å²) in [6.07, 6.45) is 3.71. The number of aromatic nitrogens is 3. The standard InChI is InChI=1S/C17H19N5OS2/c1-2-14(24-10-1)13-12-20-17(21-15(13)16-18-4-11-25-16)19-3-5-22-6-8-23-9-7-22/h1-2,4,10-12H,3,5-9H2,(H,19,20,21). The van der Waals surface area contributed by atoms with Crippen molar-refractivity contribution in [3.63, 3.8) is 0 Å². The Labute approximate surface area is 154 Å². The summed E-state index contributed by atoms with van der Waals surface area (Å²) in [5, 5.41) is 8.30. The molecule has 3 aromatic heterocycles. The molecule has 1 fully saturated rings. The summed E-state index contributed by atoms with van der Waals surface area (Å²) in [6.45, 7) is 5.40. The van der Waals surface area contributed by atoms with Crippen LogP contribution in [0.4, 0.5) is 5.95 Å². The Kier molecular flexibility index (Phi) is 5.31. The highest BCUT2D eigenvalue weighted by Gasteiger charge is 2.15. The molecular weight excluding hydrogens is 354 g/mol. The molecular formula is C17H19N5OS2. The van der Waals surface area contributed by atoms with Crippen molar-refractivity contribution >= 4 is 28.6 Å². The Morgan fingerprint density at radius 1 is 1.16 bits per heavy atom. The second-order valence-corrected chi connectivity index (χ2v) is 7.49. The average Bonchev–Trinajstić information content (AvgIpc) is 3.36. The van der Waals surface area contributed by atoms with Gasteiger partial charge >= 0.3 is 0 Å². The van der Waals surface area contributed by atoms with Crippen molar-refractivity contribution in [2.24, 2.45) is 0 Å². The molecule has 0 radical (unpaired) electrons. The van der Waals surface area contributed by atoms with Gasteiger partial charge in [-0.3, -0.25) is 4.90 Å². The van der Waals surface area contributed by atoms with Crippen LogP contribution in [0.5, 0.6) is 0 Å². The molecule has 0 saturated carbocycles. The third-order valence-corrected chi connectivity index (χ3v) is 5.71. The lowest BCUT2D eigenvalue weighted by Crippen LogP contribution is -2.39. The van der Waals surface area contributed by atoms with Crippen molar-refractivity contribution < 1.29 is 4.74 Å². The number of nitrogens with zero attached hydrogens (tertiary/aromatic N) is 4. The van der Waals surface area contributed by atoms with Crippen molar-refractivity contribution in [2.45, 2.75) is 0 Å². The molecule has 1 saturated heterocycles. The minimum Gasteiger partial charge on any atom is -0.379 e. The SMILES string of the molecule is c1csc(-c2cnc(NCCN3CCOCC3)nc2-c2nccs2)c1. The van der Waals surface area contributed by atoms with Crippen LogP contribution < -0.4 is 5.32 Å². The van der Waals surface area contributed by atoms with Gasteiger partial charge in [-0.15, -0.1) is 22.7 Å². The molecule has 1 aliphatic heterocycles. The van der Waals surface area contributed by atoms with Gasteiger partial charge in [-0.25, -0.2) is 15.0 Å². The van der Waals surface area contributed by atoms with Crippen LogP contribution in [0.3, 0.4) is 0 Å². The van der Waals surface area contributed by atoms with E-state index >= 15 is 0 Å². The topological polar surface area (TPSA) is 63.2 Å². The van der Waals surface area contributed by atoms with E-state index in [9.17, 15) is 0 Å². The summed E-state index contributed by atoms with van der Waals surface area (Å²) in [6, 6.07) is 4.13. The number of thiazole rings is 1. The normalized spacial score (nSPS) is 15.4. The molecule has 0 amide bonds. The first-order chi connectivity index (χ1) is 12.4. The summed E-state index contributed by atoms with van der Waals surface area (Å²) >= 11 is 3.28. The molecule has 0 aromatic carbocycles. The monoisotopic (exact) mass is 373 g/mol. The van der Waals surface area contributed by atoms with Gasteiger partial charge in [-0.05, 0) is 11.4 Å². The van der Waals surface area contributed by atoms with E-state index in [2.05, 4.69) is 31.6 Å². The van der Waals surface area contributed by atoms with Gasteiger partial charge in [-0.1, -0.05) is 6.07 Å². The van der Waals surface area contributed by atoms with Crippen molar-refractivity contribution in [3.8, 4) is 21.1 Å². The first kappa shape index (κ1) is 16.6. The Morgan fingerprint density at radius 3 is 2.84 bits per heavy atom. The van der Waals surface area contributed by atoms with Gasteiger partial charge in [0.2, 0.25) is 5.95 Å². The second-order valence-electron chi connectivity index (χ2n) is 5.65. The van der Waals surface area contributed by atoms with Crippen LogP contribution in [0.25, 0.3) is 21.1 Å². The number of ether oxygens (including phenoxy) is 1. The van der Waals surface area contributed by atoms with Gasteiger partial charge in [0.1, 0.15) is 10.7 Å². The Bertz CT molecular complexity index is 785. The molecule has 0 spiro atoms. The molecule has 3 aromatic rings. The highest BCUT2D eigenvalue weighted by molar-refractivity contribution is 7.14. The van der Waals surface area contributed by atoms with Gasteiger partial charge in [0.25, 0.3) is 0 Å². The number of thiophene rings is 1. The third kappa shape index (κ3) is 4.04. The zero-order valence-electron chi connectivity index (χ0n) is 13.7. The maximum absolute atomic E-state index is 5.38. The van der Waals surface area contributed by atoms with Crippen LogP contribution in [-0.4, -0.2) is 59.2 Å². The van der Waals surface area contributed by atoms with Crippen molar-refractivity contribution in [2.75, 3.05) is 44.7 Å². The van der Waals surface area contributed by atoms with E-state index in [1.54, 1.807) is 22.7 Å². The van der Waals surface area contributed by atoms with E-state index in [0.29, 0.717) is 5.95 Å². The van der Waals surface area contributed by atoms with Crippen molar-refractivity contribution in [1.82, 2.24) is 19.9 Å². The lowest BCUT2D eigenvalue weighted by atomic mass is 10.2. The van der Waals surface area contributed by atoms with E-state index in [1.165, 1.54) is 0 Å². The predicted octanol–water partition coefficient (Wildman–Crippen LogP) is 3.07. The van der Waals surface area contributed by atoms with Crippen LogP contribution in [0, 0.1) is 0 Å². The van der Waals surface area contributed by atoms with Crippen LogP contribution in [-0.2, 0) is 4.74 Å². The van der Waals surface area contributed by atoms with E-state index in [-0.39, 0.29) is 0 Å². The first-order valence-electron chi connectivity index (χ1n) is 8.25. The van der Waals surface area contributed by atoms with Crippen molar-refractivity contribution in [1.29, 1.82) is 0 Å². The lowest BCUT2D eigenvalue weighted by molar-refractivity contribution is 0.0398. The smallest absolute Gasteiger partial charge is 0.223 e. The van der Waals surface area contributed by atoms with Gasteiger partial charge in [0, 0.05) is 54.4 Å². The number of rotatable bonds is 6. The first-order valence-corrected chi connectivity index (χ1v) is 10.0. The summed E-state index contributed by atoms with van der Waals surface area (Å²) in [5.41, 5.74) is 1.92. The zero-order chi connectivity index (χ0) is 16.9. The summed E-state index contributed by atoms with van der Waals surface area (Å²) in [4.78, 5) is 17.2. The van der Waals surface area contributed by atoms with Crippen molar-refractivity contribution in [3.05, 3.63) is 35.3 Å². The minimum absolute atomic E-state index is 0.652. The molecule has 4 rings (SSSR count). The van der Waals surface area contributed by atoms with Gasteiger partial charge < -0.3 is 10.1 Å². The predicted molar refractivity (Wildman–Crippen MR) is 102 cm³/mol. The molecule has 4 heterocycles. The molecule has 25 heavy (non-hydrogen) atoms. The fourth-order valence-electron chi connectivity index (χ4n) is 2.73. The average molecular weight is 374 g/mol. The molecule has 130 valence electrons. The van der Waals surface area contributed by atoms with Crippen LogP contribution in [0.1, 0.15) is 0 Å². The van der Waals surface area contributed by atoms with Crippen LogP contribution in [0.15, 0.2) is 35.3 Å². The number of nitrogens with one attached hydrogen (secondary N) is 1. The van der Waals surface area contributed by atoms with Crippen LogP contribution in [0.2, 0.25) is 0 Å². The highest BCUT2D eigenvalue weighted by atomic mass is 32.1. The molecule has 0 unspecified atom stereocenters. The molecule has 6 nitrogen and oxygen atoms in total. The molecule has 1 N–H and O–H groups in total. The van der Waals surface area contributed by atoms with E-state index in [4.69, 9.17) is 9.72 Å². The third-order valence-electron chi connectivity index (χ3n) is 4.03. The largest absolute Gasteiger partial charge is 0.379 e. The molecule has 0 bridgehead atoms. The Hall–Kier alpha value is -1.87. The van der Waals surface area contributed by atoms with Gasteiger partial charge in [-0.2, -0.15) is 0 Å². The molecule has 8 heteroatoms. The number of anilines is 1. The van der Waals surface area contributed by atoms with E-state index in [0.717, 1.165) is 60.5 Å². The van der Waals surface area contributed by atoms with E-state index in [1.807, 2.05) is 23.8 Å². The minimum atomic E-state index is 0.652. The molecule has 0 aliphatic carbocycles. The lowest BCUT2D eigenvalue weighted by Gasteiger charge is -2.26. The molecule has 0 atom stereocenters. The Morgan fingerprint density at radius 2 is 2.08 bits per heavy atom. The maximum Gasteiger partial charge on any atom is 0.223 e. The fourth-order valence-corrected chi connectivity index (χ4v) is 4.11. The number of hydrogen-bond acceptors (Lipinski definition) is 8. The zero-order valence-corrected chi connectivity index (χ0v) is 15.4. The number of hydrogen-bond donors (Lipinski definition) is 1. The summed E-state index contributed by atoms with van der Waals surface area (Å²) < 4.78 is 5.38. The quantitative estimate of drug-likeness (QED) is 0.716. The summed E-state index contributed by atoms with van der Waals surface area (Å²) in [7, 11) is 0. The fraction of sp³-hybridized carbons (Fsp3) is 0.353. The summed E-state index contributed by atoms with van der Waals surface area (Å²) in [5.74, 6) is 0.652. The maximum atomic E-state index is 5.38. The molecule has 1 aliphatic rings. The van der Waals surface area contributed by atoms with Crippen LogP contribution >= 0.6 is 22.7 Å². The highest BCUT2D eigenvalue weighted by Crippen LogP contribution is 2.34. The second kappa shape index (κ2) is 8.01. The van der Waals surface area contributed by atoms with Gasteiger partial charge in [0.15, 0.2) is 0 Å². The van der Waals surface area contributed by atoms with Gasteiger partial charge in [0.05, 0.1) is 13.2 Å². The van der Waals surface area contributed by atoms with E-state index < -0.39 is 0 Å². The number of morpholine rings is 1. The Balaban J connectivity index is 1.50.